The van der Waals surface area contributed by atoms with E-state index in [-0.39, 0.29) is 11.9 Å². The number of hydrogen-bond acceptors (Lipinski definition) is 5. The van der Waals surface area contributed by atoms with Gasteiger partial charge in [0.25, 0.3) is 0 Å². The second-order valence-electron chi connectivity index (χ2n) is 6.71. The molecule has 1 aromatic carbocycles. The lowest BCUT2D eigenvalue weighted by Gasteiger charge is -2.16. The summed E-state index contributed by atoms with van der Waals surface area (Å²) in [6.07, 6.45) is 3.17. The zero-order chi connectivity index (χ0) is 18.1. The minimum Gasteiger partial charge on any atom is -0.361 e. The van der Waals surface area contributed by atoms with Crippen LogP contribution in [-0.4, -0.2) is 44.0 Å². The molecule has 2 aromatic heterocycles. The molecule has 1 fully saturated rings. The van der Waals surface area contributed by atoms with E-state index in [2.05, 4.69) is 15.5 Å². The normalized spacial score (nSPS) is 17.0. The summed E-state index contributed by atoms with van der Waals surface area (Å²) in [6.45, 7) is 5.09. The molecule has 134 valence electrons. The lowest BCUT2D eigenvalue weighted by Crippen LogP contribution is -2.30. The number of rotatable bonds is 4. The molecule has 1 aliphatic rings. The van der Waals surface area contributed by atoms with Crippen LogP contribution >= 0.6 is 0 Å². The van der Waals surface area contributed by atoms with E-state index in [9.17, 15) is 4.79 Å². The Morgan fingerprint density at radius 3 is 2.81 bits per heavy atom. The zero-order valence-corrected chi connectivity index (χ0v) is 14.9. The maximum Gasteiger partial charge on any atom is 0.227 e. The third-order valence-electron chi connectivity index (χ3n) is 4.98. The van der Waals surface area contributed by atoms with E-state index in [0.29, 0.717) is 13.0 Å². The Labute approximate surface area is 151 Å². The van der Waals surface area contributed by atoms with E-state index in [4.69, 9.17) is 4.52 Å². The van der Waals surface area contributed by atoms with Crippen LogP contribution in [0.25, 0.3) is 11.3 Å². The summed E-state index contributed by atoms with van der Waals surface area (Å²) in [5.41, 5.74) is 3.58. The van der Waals surface area contributed by atoms with Gasteiger partial charge in [0, 0.05) is 24.2 Å². The SMILES string of the molecule is Cc1noc(C)c1CC(=O)N1CCC(n2cc(-c3ccccc3)nn2)C1. The number of amides is 1. The van der Waals surface area contributed by atoms with E-state index >= 15 is 0 Å². The van der Waals surface area contributed by atoms with Gasteiger partial charge in [-0.1, -0.05) is 40.7 Å². The van der Waals surface area contributed by atoms with Gasteiger partial charge in [0.15, 0.2) is 0 Å². The Hall–Kier alpha value is -2.96. The van der Waals surface area contributed by atoms with Crippen LogP contribution in [0.4, 0.5) is 0 Å². The summed E-state index contributed by atoms with van der Waals surface area (Å²) in [7, 11) is 0. The highest BCUT2D eigenvalue weighted by atomic mass is 16.5. The minimum absolute atomic E-state index is 0.102. The standard InChI is InChI=1S/C19H21N5O2/c1-13-17(14(2)26-21-13)10-19(25)23-9-8-16(11-23)24-12-18(20-22-24)15-6-4-3-5-7-15/h3-7,12,16H,8-11H2,1-2H3. The van der Waals surface area contributed by atoms with Crippen LogP contribution in [0.15, 0.2) is 41.1 Å². The van der Waals surface area contributed by atoms with Gasteiger partial charge < -0.3 is 9.42 Å². The maximum absolute atomic E-state index is 12.6. The van der Waals surface area contributed by atoms with E-state index < -0.39 is 0 Å². The summed E-state index contributed by atoms with van der Waals surface area (Å²) in [5.74, 6) is 0.820. The number of nitrogens with zero attached hydrogens (tertiary/aromatic N) is 5. The molecule has 7 nitrogen and oxygen atoms in total. The second-order valence-corrected chi connectivity index (χ2v) is 6.71. The van der Waals surface area contributed by atoms with Crippen molar-refractivity contribution in [3.05, 3.63) is 53.5 Å². The smallest absolute Gasteiger partial charge is 0.227 e. The molecule has 4 rings (SSSR count). The van der Waals surface area contributed by atoms with Gasteiger partial charge in [0.1, 0.15) is 11.5 Å². The Bertz CT molecular complexity index is 896. The predicted molar refractivity (Wildman–Crippen MR) is 95.4 cm³/mol. The number of hydrogen-bond donors (Lipinski definition) is 0. The van der Waals surface area contributed by atoms with Crippen molar-refractivity contribution >= 4 is 5.91 Å². The molecule has 0 spiro atoms. The Balaban J connectivity index is 1.42. The lowest BCUT2D eigenvalue weighted by atomic mass is 10.1. The quantitative estimate of drug-likeness (QED) is 0.722. The lowest BCUT2D eigenvalue weighted by molar-refractivity contribution is -0.129. The fraction of sp³-hybridized carbons (Fsp3) is 0.368. The van der Waals surface area contributed by atoms with Crippen LogP contribution < -0.4 is 0 Å². The van der Waals surface area contributed by atoms with Crippen molar-refractivity contribution in [3.63, 3.8) is 0 Å². The second kappa shape index (κ2) is 6.74. The monoisotopic (exact) mass is 351 g/mol. The first kappa shape index (κ1) is 16.5. The third-order valence-corrected chi connectivity index (χ3v) is 4.98. The number of aromatic nitrogens is 4. The fourth-order valence-corrected chi connectivity index (χ4v) is 3.40. The molecule has 1 atom stereocenters. The van der Waals surface area contributed by atoms with Crippen LogP contribution in [0.3, 0.4) is 0 Å². The summed E-state index contributed by atoms with van der Waals surface area (Å²) in [5, 5.41) is 12.5. The largest absolute Gasteiger partial charge is 0.361 e. The minimum atomic E-state index is 0.102. The predicted octanol–water partition coefficient (Wildman–Crippen LogP) is 2.57. The maximum atomic E-state index is 12.6. The average Bonchev–Trinajstić information content (AvgIpc) is 3.38. The van der Waals surface area contributed by atoms with Crippen molar-refractivity contribution in [1.82, 2.24) is 25.1 Å². The van der Waals surface area contributed by atoms with E-state index in [1.165, 1.54) is 0 Å². The summed E-state index contributed by atoms with van der Waals surface area (Å²) in [4.78, 5) is 14.5. The Kier molecular flexibility index (Phi) is 4.28. The summed E-state index contributed by atoms with van der Waals surface area (Å²) >= 11 is 0. The first-order chi connectivity index (χ1) is 12.6. The van der Waals surface area contributed by atoms with Gasteiger partial charge in [0.2, 0.25) is 5.91 Å². The highest BCUT2D eigenvalue weighted by molar-refractivity contribution is 5.79. The zero-order valence-electron chi connectivity index (χ0n) is 14.9. The van der Waals surface area contributed by atoms with Gasteiger partial charge in [-0.3, -0.25) is 4.79 Å². The molecule has 0 saturated carbocycles. The van der Waals surface area contributed by atoms with Crippen molar-refractivity contribution in [3.8, 4) is 11.3 Å². The number of aryl methyl sites for hydroxylation is 2. The van der Waals surface area contributed by atoms with Gasteiger partial charge in [-0.2, -0.15) is 0 Å². The van der Waals surface area contributed by atoms with Gasteiger partial charge in [0.05, 0.1) is 24.4 Å². The van der Waals surface area contributed by atoms with Crippen molar-refractivity contribution < 1.29 is 9.32 Å². The fourth-order valence-electron chi connectivity index (χ4n) is 3.40. The van der Waals surface area contributed by atoms with Gasteiger partial charge in [-0.05, 0) is 20.3 Å². The molecule has 0 N–H and O–H groups in total. The molecule has 1 aliphatic heterocycles. The molecule has 1 amide bonds. The molecular weight excluding hydrogens is 330 g/mol. The van der Waals surface area contributed by atoms with Crippen molar-refractivity contribution in [1.29, 1.82) is 0 Å². The number of carbonyl (C=O) groups is 1. The van der Waals surface area contributed by atoms with E-state index in [1.807, 2.05) is 60.0 Å². The van der Waals surface area contributed by atoms with Gasteiger partial charge in [-0.25, -0.2) is 4.68 Å². The molecule has 26 heavy (non-hydrogen) atoms. The molecule has 3 aromatic rings. The highest BCUT2D eigenvalue weighted by Gasteiger charge is 2.29. The molecule has 7 heteroatoms. The van der Waals surface area contributed by atoms with Crippen LogP contribution in [-0.2, 0) is 11.2 Å². The molecule has 3 heterocycles. The average molecular weight is 351 g/mol. The number of carbonyl (C=O) groups excluding carboxylic acids is 1. The molecule has 0 aliphatic carbocycles. The Morgan fingerprint density at radius 2 is 2.08 bits per heavy atom. The number of likely N-dealkylation sites (tertiary alicyclic amines) is 1. The Morgan fingerprint density at radius 1 is 1.27 bits per heavy atom. The van der Waals surface area contributed by atoms with Gasteiger partial charge >= 0.3 is 0 Å². The van der Waals surface area contributed by atoms with Gasteiger partial charge in [-0.15, -0.1) is 5.10 Å². The molecule has 1 saturated heterocycles. The molecular formula is C19H21N5O2. The number of benzene rings is 1. The summed E-state index contributed by atoms with van der Waals surface area (Å²) < 4.78 is 7.03. The third kappa shape index (κ3) is 3.12. The highest BCUT2D eigenvalue weighted by Crippen LogP contribution is 2.24. The van der Waals surface area contributed by atoms with Crippen LogP contribution in [0.1, 0.15) is 29.5 Å². The summed E-state index contributed by atoms with van der Waals surface area (Å²) in [6, 6.07) is 10.1. The molecule has 1 unspecified atom stereocenters. The molecule has 0 radical (unpaired) electrons. The van der Waals surface area contributed by atoms with Crippen LogP contribution in [0, 0.1) is 13.8 Å². The van der Waals surface area contributed by atoms with Crippen LogP contribution in [0.5, 0.6) is 0 Å². The first-order valence-corrected chi connectivity index (χ1v) is 8.78. The van der Waals surface area contributed by atoms with Crippen molar-refractivity contribution in [2.24, 2.45) is 0 Å². The van der Waals surface area contributed by atoms with Crippen molar-refractivity contribution in [2.45, 2.75) is 32.7 Å². The van der Waals surface area contributed by atoms with Crippen LogP contribution in [0.2, 0.25) is 0 Å². The van der Waals surface area contributed by atoms with E-state index in [1.54, 1.807) is 0 Å². The van der Waals surface area contributed by atoms with E-state index in [0.717, 1.165) is 41.2 Å². The topological polar surface area (TPSA) is 77.0 Å². The first-order valence-electron chi connectivity index (χ1n) is 8.78. The van der Waals surface area contributed by atoms with Crippen molar-refractivity contribution in [2.75, 3.05) is 13.1 Å². The molecule has 0 bridgehead atoms.